The monoisotopic (exact) mass is 252 g/mol. The number of carbonyl (C=O) groups is 1. The summed E-state index contributed by atoms with van der Waals surface area (Å²) in [6.45, 7) is 0.494. The predicted octanol–water partition coefficient (Wildman–Crippen LogP) is 3.52. The van der Waals surface area contributed by atoms with Crippen LogP contribution in [0.15, 0.2) is 66.7 Å². The summed E-state index contributed by atoms with van der Waals surface area (Å²) in [5.74, 6) is 0. The third-order valence-electron chi connectivity index (χ3n) is 2.52. The average Bonchev–Trinajstić information content (AvgIpc) is 2.46. The van der Waals surface area contributed by atoms with Gasteiger partial charge in [0.05, 0.1) is 0 Å². The van der Waals surface area contributed by atoms with Gasteiger partial charge in [-0.3, -0.25) is 0 Å². The Labute approximate surface area is 113 Å². The van der Waals surface area contributed by atoms with E-state index < -0.39 is 0 Å². The number of hydrogen-bond donors (Lipinski definition) is 2. The Bertz CT molecular complexity index is 535. The molecule has 0 saturated heterocycles. The van der Waals surface area contributed by atoms with Crippen molar-refractivity contribution in [1.82, 2.24) is 5.32 Å². The number of urea groups is 1. The average molecular weight is 252 g/mol. The molecule has 2 N–H and O–H groups in total. The Hall–Kier alpha value is -2.55. The van der Waals surface area contributed by atoms with Crippen LogP contribution in [0.3, 0.4) is 0 Å². The molecule has 0 aliphatic rings. The van der Waals surface area contributed by atoms with Crippen LogP contribution in [0.4, 0.5) is 10.5 Å². The molecule has 3 heteroatoms. The molecular formula is C16H16N2O. The molecule has 0 spiro atoms. The molecule has 0 aliphatic carbocycles. The molecule has 2 aromatic carbocycles. The first-order valence-electron chi connectivity index (χ1n) is 6.16. The van der Waals surface area contributed by atoms with Crippen LogP contribution in [0.2, 0.25) is 0 Å². The summed E-state index contributed by atoms with van der Waals surface area (Å²) < 4.78 is 0. The van der Waals surface area contributed by atoms with Gasteiger partial charge < -0.3 is 10.6 Å². The molecule has 3 nitrogen and oxygen atoms in total. The number of para-hydroxylation sites is 1. The van der Waals surface area contributed by atoms with Gasteiger partial charge >= 0.3 is 6.03 Å². The van der Waals surface area contributed by atoms with Gasteiger partial charge in [0.15, 0.2) is 0 Å². The van der Waals surface area contributed by atoms with Gasteiger partial charge in [-0.1, -0.05) is 60.7 Å². The van der Waals surface area contributed by atoms with Gasteiger partial charge in [0.25, 0.3) is 0 Å². The van der Waals surface area contributed by atoms with Crippen LogP contribution in [0, 0.1) is 0 Å². The van der Waals surface area contributed by atoms with E-state index in [2.05, 4.69) is 10.6 Å². The van der Waals surface area contributed by atoms with Crippen LogP contribution in [0.5, 0.6) is 0 Å². The fourth-order valence-electron chi connectivity index (χ4n) is 1.61. The summed E-state index contributed by atoms with van der Waals surface area (Å²) in [7, 11) is 0. The summed E-state index contributed by atoms with van der Waals surface area (Å²) in [5.41, 5.74) is 1.90. The number of amides is 2. The van der Waals surface area contributed by atoms with Gasteiger partial charge in [-0.25, -0.2) is 4.79 Å². The second-order valence-electron chi connectivity index (χ2n) is 4.01. The Morgan fingerprint density at radius 2 is 1.58 bits per heavy atom. The first kappa shape index (κ1) is 12.9. The zero-order valence-corrected chi connectivity index (χ0v) is 10.5. The number of rotatable bonds is 4. The highest BCUT2D eigenvalue weighted by atomic mass is 16.2. The van der Waals surface area contributed by atoms with E-state index >= 15 is 0 Å². The van der Waals surface area contributed by atoms with Crippen molar-refractivity contribution in [2.24, 2.45) is 0 Å². The van der Waals surface area contributed by atoms with Gasteiger partial charge in [0, 0.05) is 12.2 Å². The van der Waals surface area contributed by atoms with Crippen LogP contribution in [-0.4, -0.2) is 12.6 Å². The van der Waals surface area contributed by atoms with E-state index in [1.165, 1.54) is 0 Å². The zero-order chi connectivity index (χ0) is 13.3. The van der Waals surface area contributed by atoms with Crippen LogP contribution >= 0.6 is 0 Å². The van der Waals surface area contributed by atoms with Gasteiger partial charge in [-0.2, -0.15) is 0 Å². The first-order valence-corrected chi connectivity index (χ1v) is 6.16. The lowest BCUT2D eigenvalue weighted by Crippen LogP contribution is -2.28. The Kier molecular flexibility index (Phi) is 4.76. The molecule has 0 heterocycles. The minimum absolute atomic E-state index is 0.205. The van der Waals surface area contributed by atoms with E-state index in [1.54, 1.807) is 0 Å². The SMILES string of the molecule is O=C(NC/C=C/c1ccccc1)Nc1ccccc1. The second kappa shape index (κ2) is 7.01. The number of nitrogens with one attached hydrogen (secondary N) is 2. The maximum Gasteiger partial charge on any atom is 0.319 e. The number of anilines is 1. The van der Waals surface area contributed by atoms with E-state index in [1.807, 2.05) is 72.8 Å². The summed E-state index contributed by atoms with van der Waals surface area (Å²) in [6, 6.07) is 19.1. The van der Waals surface area contributed by atoms with Crippen LogP contribution in [-0.2, 0) is 0 Å². The molecule has 96 valence electrons. The van der Waals surface area contributed by atoms with E-state index in [4.69, 9.17) is 0 Å². The molecule has 0 aliphatic heterocycles. The summed E-state index contributed by atoms with van der Waals surface area (Å²) in [5, 5.41) is 5.52. The van der Waals surface area contributed by atoms with Gasteiger partial charge in [-0.05, 0) is 17.7 Å². The summed E-state index contributed by atoms with van der Waals surface area (Å²) in [6.07, 6.45) is 3.89. The van der Waals surface area contributed by atoms with Gasteiger partial charge in [0.1, 0.15) is 0 Å². The molecule has 0 fully saturated rings. The van der Waals surface area contributed by atoms with Crippen molar-refractivity contribution in [2.45, 2.75) is 0 Å². The number of hydrogen-bond acceptors (Lipinski definition) is 1. The zero-order valence-electron chi connectivity index (χ0n) is 10.5. The maximum atomic E-state index is 11.6. The molecule has 0 saturated carbocycles. The van der Waals surface area contributed by atoms with Crippen LogP contribution in [0.25, 0.3) is 6.08 Å². The number of benzene rings is 2. The third-order valence-corrected chi connectivity index (χ3v) is 2.52. The molecule has 0 atom stereocenters. The molecule has 0 aromatic heterocycles. The topological polar surface area (TPSA) is 41.1 Å². The smallest absolute Gasteiger partial charge is 0.319 e. The molecule has 0 radical (unpaired) electrons. The summed E-state index contributed by atoms with van der Waals surface area (Å²) >= 11 is 0. The second-order valence-corrected chi connectivity index (χ2v) is 4.01. The minimum Gasteiger partial charge on any atom is -0.334 e. The lowest BCUT2D eigenvalue weighted by molar-refractivity contribution is 0.253. The standard InChI is InChI=1S/C16H16N2O/c19-16(18-15-11-5-2-6-12-15)17-13-7-10-14-8-3-1-4-9-14/h1-12H,13H2,(H2,17,18,19)/b10-7+. The first-order chi connectivity index (χ1) is 9.34. The van der Waals surface area contributed by atoms with E-state index in [0.29, 0.717) is 6.54 Å². The largest absolute Gasteiger partial charge is 0.334 e. The van der Waals surface area contributed by atoms with E-state index in [9.17, 15) is 4.79 Å². The van der Waals surface area contributed by atoms with Crippen molar-refractivity contribution in [3.05, 3.63) is 72.3 Å². The highest BCUT2D eigenvalue weighted by molar-refractivity contribution is 5.89. The summed E-state index contributed by atoms with van der Waals surface area (Å²) in [4.78, 5) is 11.6. The molecule has 0 unspecified atom stereocenters. The van der Waals surface area contributed by atoms with Crippen LogP contribution < -0.4 is 10.6 Å². The van der Waals surface area contributed by atoms with Crippen molar-refractivity contribution in [3.63, 3.8) is 0 Å². The molecular weight excluding hydrogens is 236 g/mol. The lowest BCUT2D eigenvalue weighted by Gasteiger charge is -2.05. The van der Waals surface area contributed by atoms with Crippen LogP contribution in [0.1, 0.15) is 5.56 Å². The van der Waals surface area contributed by atoms with Crippen molar-refractivity contribution in [2.75, 3.05) is 11.9 Å². The highest BCUT2D eigenvalue weighted by Crippen LogP contribution is 2.04. The predicted molar refractivity (Wildman–Crippen MR) is 78.9 cm³/mol. The lowest BCUT2D eigenvalue weighted by atomic mass is 10.2. The minimum atomic E-state index is -0.205. The molecule has 2 aromatic rings. The molecule has 2 rings (SSSR count). The van der Waals surface area contributed by atoms with Gasteiger partial charge in [0.2, 0.25) is 0 Å². The van der Waals surface area contributed by atoms with Crippen molar-refractivity contribution in [1.29, 1.82) is 0 Å². The normalized spacial score (nSPS) is 10.3. The van der Waals surface area contributed by atoms with E-state index in [-0.39, 0.29) is 6.03 Å². The maximum absolute atomic E-state index is 11.6. The molecule has 19 heavy (non-hydrogen) atoms. The fraction of sp³-hybridized carbons (Fsp3) is 0.0625. The highest BCUT2D eigenvalue weighted by Gasteiger charge is 1.97. The Morgan fingerprint density at radius 1 is 0.947 bits per heavy atom. The van der Waals surface area contributed by atoms with Crippen molar-refractivity contribution < 1.29 is 4.79 Å². The fourth-order valence-corrected chi connectivity index (χ4v) is 1.61. The van der Waals surface area contributed by atoms with Gasteiger partial charge in [-0.15, -0.1) is 0 Å². The molecule has 0 bridgehead atoms. The number of carbonyl (C=O) groups excluding carboxylic acids is 1. The molecule has 2 amide bonds. The Morgan fingerprint density at radius 3 is 2.26 bits per heavy atom. The third kappa shape index (κ3) is 4.68. The van der Waals surface area contributed by atoms with Crippen molar-refractivity contribution in [3.8, 4) is 0 Å². The quantitative estimate of drug-likeness (QED) is 0.858. The van der Waals surface area contributed by atoms with Crippen molar-refractivity contribution >= 4 is 17.8 Å². The van der Waals surface area contributed by atoms with E-state index in [0.717, 1.165) is 11.3 Å². The Balaban J connectivity index is 1.74.